The molecular formula is C17H25N4NaO6S. The molecule has 10 nitrogen and oxygen atoms in total. The first-order chi connectivity index (χ1) is 13.2. The smallest absolute Gasteiger partial charge is 0.724 e. The minimum atomic E-state index is -5.02. The minimum Gasteiger partial charge on any atom is -0.724 e. The standard InChI is InChI=1S/C17H26N4O6S.Na/c22-15(18-12-5-17(6-12)9-19(10-17)7-11-1-2-11)14-4-3-13-8-20(14)16(23)21(13)27-28(24,25)26;/h11-14H,1-10H2,(H,18,22)(H,24,25,26);/q;+1/p-1/t13-,14+;/m1./s1. The predicted molar refractivity (Wildman–Crippen MR) is 94.3 cm³/mol. The number of hydrogen-bond acceptors (Lipinski definition) is 7. The molecule has 5 aliphatic rings. The number of hydroxylamine groups is 2. The number of nitrogens with zero attached hydrogens (tertiary/aromatic N) is 3. The van der Waals surface area contributed by atoms with Crippen molar-refractivity contribution >= 4 is 22.3 Å². The normalized spacial score (nSPS) is 31.3. The number of hydrogen-bond donors (Lipinski definition) is 1. The largest absolute Gasteiger partial charge is 1.00 e. The maximum absolute atomic E-state index is 12.7. The summed E-state index contributed by atoms with van der Waals surface area (Å²) in [6.07, 6.45) is 5.53. The van der Waals surface area contributed by atoms with Gasteiger partial charge in [0.05, 0.1) is 6.04 Å². The Morgan fingerprint density at radius 3 is 2.52 bits per heavy atom. The zero-order valence-corrected chi connectivity index (χ0v) is 19.4. The molecule has 3 aliphatic heterocycles. The number of rotatable bonds is 6. The molecular weight excluding hydrogens is 411 g/mol. The van der Waals surface area contributed by atoms with Gasteiger partial charge in [0.15, 0.2) is 0 Å². The van der Waals surface area contributed by atoms with Crippen LogP contribution in [0.5, 0.6) is 0 Å². The van der Waals surface area contributed by atoms with Crippen LogP contribution in [-0.4, -0.2) is 84.1 Å². The molecule has 3 heterocycles. The monoisotopic (exact) mass is 436 g/mol. The third kappa shape index (κ3) is 4.32. The summed E-state index contributed by atoms with van der Waals surface area (Å²) in [6, 6.07) is -1.75. The van der Waals surface area contributed by atoms with Crippen LogP contribution in [0, 0.1) is 11.3 Å². The first-order valence-corrected chi connectivity index (χ1v) is 11.3. The Bertz CT molecular complexity index is 792. The molecule has 29 heavy (non-hydrogen) atoms. The van der Waals surface area contributed by atoms with E-state index >= 15 is 0 Å². The second kappa shape index (κ2) is 7.61. The van der Waals surface area contributed by atoms with E-state index in [2.05, 4.69) is 14.5 Å². The van der Waals surface area contributed by atoms with E-state index in [9.17, 15) is 22.6 Å². The van der Waals surface area contributed by atoms with Gasteiger partial charge in [-0.2, -0.15) is 9.35 Å². The van der Waals surface area contributed by atoms with Gasteiger partial charge in [-0.1, -0.05) is 0 Å². The van der Waals surface area contributed by atoms with Crippen molar-refractivity contribution in [2.75, 3.05) is 26.2 Å². The number of fused-ring (bicyclic) bond motifs is 2. The minimum absolute atomic E-state index is 0. The number of amides is 3. The van der Waals surface area contributed by atoms with E-state index in [1.807, 2.05) is 0 Å². The van der Waals surface area contributed by atoms with Crippen molar-refractivity contribution in [2.24, 2.45) is 11.3 Å². The molecule has 5 rings (SSSR count). The van der Waals surface area contributed by atoms with E-state index in [0.717, 1.165) is 31.8 Å². The molecule has 1 N–H and O–H groups in total. The summed E-state index contributed by atoms with van der Waals surface area (Å²) in [7, 11) is -5.02. The Hall–Kier alpha value is -0.430. The molecule has 2 atom stereocenters. The molecule has 3 amide bonds. The topological polar surface area (TPSA) is 122 Å². The summed E-state index contributed by atoms with van der Waals surface area (Å²) in [5.41, 5.74) is 0.362. The van der Waals surface area contributed by atoms with Crippen molar-refractivity contribution in [3.63, 3.8) is 0 Å². The fourth-order valence-corrected chi connectivity index (χ4v) is 5.82. The van der Waals surface area contributed by atoms with Crippen molar-refractivity contribution in [3.8, 4) is 0 Å². The maximum atomic E-state index is 12.7. The van der Waals surface area contributed by atoms with Crippen molar-refractivity contribution in [1.29, 1.82) is 0 Å². The summed E-state index contributed by atoms with van der Waals surface area (Å²) >= 11 is 0. The number of urea groups is 1. The van der Waals surface area contributed by atoms with Gasteiger partial charge in [-0.15, -0.1) is 0 Å². The number of piperidine rings is 1. The molecule has 12 heteroatoms. The first-order valence-electron chi connectivity index (χ1n) is 9.99. The van der Waals surface area contributed by atoms with E-state index in [4.69, 9.17) is 0 Å². The Morgan fingerprint density at radius 1 is 1.21 bits per heavy atom. The molecule has 0 unspecified atom stereocenters. The third-order valence-corrected chi connectivity index (χ3v) is 7.18. The molecule has 0 aromatic heterocycles. The summed E-state index contributed by atoms with van der Waals surface area (Å²) in [4.78, 5) is 28.9. The van der Waals surface area contributed by atoms with Crippen LogP contribution in [0.15, 0.2) is 0 Å². The Morgan fingerprint density at radius 2 is 1.90 bits per heavy atom. The van der Waals surface area contributed by atoms with Crippen LogP contribution in [0.3, 0.4) is 0 Å². The Balaban J connectivity index is 0.00000205. The van der Waals surface area contributed by atoms with Crippen LogP contribution in [0.4, 0.5) is 4.79 Å². The summed E-state index contributed by atoms with van der Waals surface area (Å²) in [6.45, 7) is 3.66. The van der Waals surface area contributed by atoms with Crippen LogP contribution < -0.4 is 34.9 Å². The van der Waals surface area contributed by atoms with Gasteiger partial charge >= 0.3 is 35.6 Å². The maximum Gasteiger partial charge on any atom is 1.00 e. The predicted octanol–water partition coefficient (Wildman–Crippen LogP) is -3.36. The number of nitrogens with one attached hydrogen (secondary N) is 1. The Labute approximate surface area is 192 Å². The van der Waals surface area contributed by atoms with E-state index in [1.165, 1.54) is 24.3 Å². The van der Waals surface area contributed by atoms with E-state index in [1.54, 1.807) is 0 Å². The van der Waals surface area contributed by atoms with Crippen molar-refractivity contribution < 1.29 is 56.4 Å². The fourth-order valence-electron chi connectivity index (χ4n) is 5.44. The van der Waals surface area contributed by atoms with Gasteiger partial charge < -0.3 is 19.7 Å². The van der Waals surface area contributed by atoms with Crippen LogP contribution in [0.1, 0.15) is 38.5 Å². The molecule has 2 bridgehead atoms. The average molecular weight is 436 g/mol. The molecule has 2 saturated carbocycles. The van der Waals surface area contributed by atoms with E-state index in [-0.39, 0.29) is 48.1 Å². The van der Waals surface area contributed by atoms with Gasteiger partial charge in [0.25, 0.3) is 0 Å². The first kappa shape index (κ1) is 21.8. The fraction of sp³-hybridized carbons (Fsp3) is 0.882. The van der Waals surface area contributed by atoms with Gasteiger partial charge in [-0.3, -0.25) is 4.79 Å². The van der Waals surface area contributed by atoms with Crippen molar-refractivity contribution in [2.45, 2.75) is 56.7 Å². The van der Waals surface area contributed by atoms with Crippen LogP contribution in [0.2, 0.25) is 0 Å². The second-order valence-corrected chi connectivity index (χ2v) is 10.2. The molecule has 1 spiro atoms. The molecule has 156 valence electrons. The summed E-state index contributed by atoms with van der Waals surface area (Å²) < 4.78 is 36.8. The number of carbonyl (C=O) groups is 2. The quantitative estimate of drug-likeness (QED) is 0.262. The van der Waals surface area contributed by atoms with Crippen molar-refractivity contribution in [1.82, 2.24) is 20.2 Å². The Kier molecular flexibility index (Phi) is 5.72. The van der Waals surface area contributed by atoms with Crippen LogP contribution in [0.25, 0.3) is 0 Å². The molecule has 2 aliphatic carbocycles. The molecule has 3 saturated heterocycles. The van der Waals surface area contributed by atoms with Gasteiger partial charge in [0.2, 0.25) is 16.3 Å². The summed E-state index contributed by atoms with van der Waals surface area (Å²) in [5, 5.41) is 3.66. The van der Waals surface area contributed by atoms with Crippen molar-refractivity contribution in [3.05, 3.63) is 0 Å². The molecule has 0 aromatic rings. The van der Waals surface area contributed by atoms with Gasteiger partial charge in [-0.25, -0.2) is 13.2 Å². The third-order valence-electron chi connectivity index (χ3n) is 6.83. The zero-order valence-electron chi connectivity index (χ0n) is 16.6. The van der Waals surface area contributed by atoms with Gasteiger partial charge in [0, 0.05) is 32.2 Å². The SMILES string of the molecule is O=C(NC1CC2(C1)CN(CC1CC1)C2)[C@@H]1CC[C@@H]2CN1C(=O)N2OS(=O)(=O)[O-].[Na+]. The van der Waals surface area contributed by atoms with Gasteiger partial charge in [-0.05, 0) is 49.9 Å². The second-order valence-electron chi connectivity index (χ2n) is 9.22. The molecule has 0 aromatic carbocycles. The van der Waals surface area contributed by atoms with E-state index in [0.29, 0.717) is 23.3 Å². The molecule has 0 radical (unpaired) electrons. The van der Waals surface area contributed by atoms with Crippen LogP contribution in [-0.2, 0) is 19.5 Å². The summed E-state index contributed by atoms with van der Waals surface area (Å²) in [5.74, 6) is 0.703. The average Bonchev–Trinajstić information content (AvgIpc) is 3.34. The number of carbonyl (C=O) groups excluding carboxylic acids is 2. The molecule has 5 fully saturated rings. The van der Waals surface area contributed by atoms with Crippen LogP contribution >= 0.6 is 0 Å². The van der Waals surface area contributed by atoms with Gasteiger partial charge in [0.1, 0.15) is 6.04 Å². The van der Waals surface area contributed by atoms with E-state index < -0.39 is 28.5 Å². The zero-order chi connectivity index (χ0) is 19.7. The number of likely N-dealkylation sites (tertiary alicyclic amines) is 1.